The molecule has 0 bridgehead atoms. The highest BCUT2D eigenvalue weighted by atomic mass is 32.2. The van der Waals surface area contributed by atoms with Crippen LogP contribution in [0.3, 0.4) is 0 Å². The molecule has 0 spiro atoms. The Bertz CT molecular complexity index is 843. The Labute approximate surface area is 154 Å². The topological polar surface area (TPSA) is 112 Å². The van der Waals surface area contributed by atoms with Crippen molar-refractivity contribution >= 4 is 34.7 Å². The van der Waals surface area contributed by atoms with Gasteiger partial charge in [0, 0.05) is 11.4 Å². The molecular formula is C18H21N5O2S. The Morgan fingerprint density at radius 3 is 2.42 bits per heavy atom. The number of aromatic amines is 1. The summed E-state index contributed by atoms with van der Waals surface area (Å²) >= 11 is 0. The minimum atomic E-state index is -1.47. The van der Waals surface area contributed by atoms with Crippen LogP contribution < -0.4 is 21.3 Å². The number of hydrogen-bond acceptors (Lipinski definition) is 4. The number of H-pyrrole nitrogens is 1. The van der Waals surface area contributed by atoms with E-state index in [-0.39, 0.29) is 5.91 Å². The molecule has 8 heteroatoms. The summed E-state index contributed by atoms with van der Waals surface area (Å²) in [5, 5.41) is 2.77. The van der Waals surface area contributed by atoms with E-state index in [1.165, 1.54) is 0 Å². The van der Waals surface area contributed by atoms with Gasteiger partial charge < -0.3 is 15.7 Å². The van der Waals surface area contributed by atoms with Gasteiger partial charge in [-0.3, -0.25) is 9.52 Å². The zero-order valence-electron chi connectivity index (χ0n) is 14.3. The van der Waals surface area contributed by atoms with Gasteiger partial charge in [0.25, 0.3) is 5.91 Å². The number of rotatable bonds is 8. The van der Waals surface area contributed by atoms with E-state index >= 15 is 0 Å². The monoisotopic (exact) mass is 371 g/mol. The van der Waals surface area contributed by atoms with Crippen molar-refractivity contribution in [1.82, 2.24) is 15.1 Å². The quantitative estimate of drug-likeness (QED) is 0.362. The van der Waals surface area contributed by atoms with Gasteiger partial charge in [-0.1, -0.05) is 19.2 Å². The molecule has 1 amide bonds. The number of carbonyl (C=O) groups is 1. The number of hydrazine groups is 1. The fraction of sp³-hybridized carbons (Fsp3) is 0.0556. The maximum Gasteiger partial charge on any atom is 0.272 e. The zero-order chi connectivity index (χ0) is 19.1. The number of hydrogen-bond donors (Lipinski definition) is 5. The Balaban J connectivity index is 2.08. The van der Waals surface area contributed by atoms with Crippen LogP contribution in [0.15, 0.2) is 60.3 Å². The first kappa shape index (κ1) is 19.2. The molecule has 26 heavy (non-hydrogen) atoms. The number of allylic oxidation sites excluding steroid dienone is 1. The molecule has 0 radical (unpaired) electrons. The number of anilines is 1. The van der Waals surface area contributed by atoms with Crippen LogP contribution in [0.25, 0.3) is 12.2 Å². The van der Waals surface area contributed by atoms with Crippen LogP contribution in [0.1, 0.15) is 28.7 Å². The molecule has 2 rings (SSSR count). The third-order valence-electron chi connectivity index (χ3n) is 3.52. The van der Waals surface area contributed by atoms with Gasteiger partial charge in [0.1, 0.15) is 11.5 Å². The standard InChI is InChI=1S/C18H21N5O2S/c1-4-12-11-16(21-15(12)5-2)18(24)20-13-7-9-14(10-8-13)26(25)23-17(6-3)22-19/h4-11,21-23H,1-2,19H2,3H3,(H,20,24)/b17-6+. The van der Waals surface area contributed by atoms with Gasteiger partial charge in [0.2, 0.25) is 0 Å². The normalized spacial score (nSPS) is 12.2. The van der Waals surface area contributed by atoms with E-state index in [1.807, 2.05) is 0 Å². The smallest absolute Gasteiger partial charge is 0.272 e. The first-order valence-electron chi connectivity index (χ1n) is 7.73. The minimum Gasteiger partial charge on any atom is -0.351 e. The summed E-state index contributed by atoms with van der Waals surface area (Å²) in [5.74, 6) is 5.45. The van der Waals surface area contributed by atoms with Crippen LogP contribution in [0, 0.1) is 0 Å². The molecule has 1 aromatic carbocycles. The van der Waals surface area contributed by atoms with Crippen molar-refractivity contribution in [2.24, 2.45) is 5.84 Å². The van der Waals surface area contributed by atoms with Gasteiger partial charge in [0.15, 0.2) is 11.0 Å². The lowest BCUT2D eigenvalue weighted by molar-refractivity contribution is 0.102. The fourth-order valence-electron chi connectivity index (χ4n) is 2.14. The molecule has 1 aromatic heterocycles. The van der Waals surface area contributed by atoms with E-state index in [2.05, 4.69) is 33.6 Å². The van der Waals surface area contributed by atoms with Gasteiger partial charge in [-0.15, -0.1) is 0 Å². The molecule has 1 heterocycles. The van der Waals surface area contributed by atoms with Crippen molar-refractivity contribution in [1.29, 1.82) is 0 Å². The lowest BCUT2D eigenvalue weighted by Crippen LogP contribution is -2.32. The molecule has 0 fully saturated rings. The van der Waals surface area contributed by atoms with Crippen molar-refractivity contribution < 1.29 is 9.00 Å². The van der Waals surface area contributed by atoms with Crippen molar-refractivity contribution in [3.05, 3.63) is 72.3 Å². The SMILES string of the molecule is C=Cc1cc(C(=O)Nc2ccc(S(=O)N/C(=C/C)NN)cc2)[nH]c1C=C. The number of amides is 1. The van der Waals surface area contributed by atoms with Gasteiger partial charge in [-0.2, -0.15) is 0 Å². The molecule has 0 saturated heterocycles. The Morgan fingerprint density at radius 1 is 1.23 bits per heavy atom. The number of aromatic nitrogens is 1. The summed E-state index contributed by atoms with van der Waals surface area (Å²) < 4.78 is 14.9. The molecule has 1 unspecified atom stereocenters. The van der Waals surface area contributed by atoms with E-state index in [1.54, 1.807) is 55.5 Å². The second-order valence-electron chi connectivity index (χ2n) is 5.16. The predicted octanol–water partition coefficient (Wildman–Crippen LogP) is 2.49. The van der Waals surface area contributed by atoms with Crippen molar-refractivity contribution in [2.75, 3.05) is 5.32 Å². The second-order valence-corrected chi connectivity index (χ2v) is 6.37. The predicted molar refractivity (Wildman–Crippen MR) is 106 cm³/mol. The lowest BCUT2D eigenvalue weighted by atomic mass is 10.2. The van der Waals surface area contributed by atoms with E-state index in [0.717, 1.165) is 11.3 Å². The minimum absolute atomic E-state index is 0.295. The Morgan fingerprint density at radius 2 is 1.92 bits per heavy atom. The number of benzene rings is 1. The third kappa shape index (κ3) is 4.50. The summed E-state index contributed by atoms with van der Waals surface area (Å²) in [6.45, 7) is 9.16. The summed E-state index contributed by atoms with van der Waals surface area (Å²) in [6, 6.07) is 8.35. The molecule has 0 aliphatic carbocycles. The molecule has 136 valence electrons. The van der Waals surface area contributed by atoms with Crippen molar-refractivity contribution in [3.8, 4) is 0 Å². The maximum absolute atomic E-state index is 12.3. The Kier molecular flexibility index (Phi) is 6.54. The van der Waals surface area contributed by atoms with Gasteiger partial charge in [0.05, 0.1) is 4.90 Å². The van der Waals surface area contributed by atoms with Gasteiger partial charge in [-0.25, -0.2) is 10.1 Å². The maximum atomic E-state index is 12.3. The molecule has 6 N–H and O–H groups in total. The second kappa shape index (κ2) is 8.84. The highest BCUT2D eigenvalue weighted by molar-refractivity contribution is 7.83. The highest BCUT2D eigenvalue weighted by Crippen LogP contribution is 2.17. The molecular weight excluding hydrogens is 350 g/mol. The van der Waals surface area contributed by atoms with Crippen molar-refractivity contribution in [3.63, 3.8) is 0 Å². The number of nitrogens with one attached hydrogen (secondary N) is 4. The largest absolute Gasteiger partial charge is 0.351 e. The van der Waals surface area contributed by atoms with Crippen LogP contribution in [-0.4, -0.2) is 15.1 Å². The summed E-state index contributed by atoms with van der Waals surface area (Å²) in [5.41, 5.74) is 4.92. The van der Waals surface area contributed by atoms with E-state index in [9.17, 15) is 9.00 Å². The summed E-state index contributed by atoms with van der Waals surface area (Å²) in [4.78, 5) is 15.9. The first-order chi connectivity index (χ1) is 12.5. The van der Waals surface area contributed by atoms with E-state index < -0.39 is 11.0 Å². The van der Waals surface area contributed by atoms with Crippen LogP contribution in [-0.2, 0) is 11.0 Å². The average Bonchev–Trinajstić information content (AvgIpc) is 3.10. The van der Waals surface area contributed by atoms with Crippen LogP contribution in [0.2, 0.25) is 0 Å². The fourth-order valence-corrected chi connectivity index (χ4v) is 3.02. The van der Waals surface area contributed by atoms with Crippen molar-refractivity contribution in [2.45, 2.75) is 11.8 Å². The van der Waals surface area contributed by atoms with Crippen LogP contribution >= 0.6 is 0 Å². The average molecular weight is 371 g/mol. The molecule has 2 aromatic rings. The molecule has 7 nitrogen and oxygen atoms in total. The van der Waals surface area contributed by atoms with Crippen LogP contribution in [0.4, 0.5) is 5.69 Å². The van der Waals surface area contributed by atoms with Gasteiger partial charge in [-0.05, 0) is 55.0 Å². The van der Waals surface area contributed by atoms with E-state index in [0.29, 0.717) is 22.1 Å². The molecule has 0 saturated carbocycles. The number of carbonyl (C=O) groups excluding carboxylic acids is 1. The highest BCUT2D eigenvalue weighted by Gasteiger charge is 2.12. The zero-order valence-corrected chi connectivity index (χ0v) is 15.2. The molecule has 1 atom stereocenters. The Hall–Kier alpha value is -3.10. The first-order valence-corrected chi connectivity index (χ1v) is 8.88. The third-order valence-corrected chi connectivity index (χ3v) is 4.63. The van der Waals surface area contributed by atoms with E-state index in [4.69, 9.17) is 5.84 Å². The summed E-state index contributed by atoms with van der Waals surface area (Å²) in [6.07, 6.45) is 4.94. The lowest BCUT2D eigenvalue weighted by Gasteiger charge is -2.10. The van der Waals surface area contributed by atoms with Crippen LogP contribution in [0.5, 0.6) is 0 Å². The molecule has 0 aliphatic heterocycles. The molecule has 0 aliphatic rings. The number of nitrogens with two attached hydrogens (primary N) is 1. The summed E-state index contributed by atoms with van der Waals surface area (Å²) in [7, 11) is -1.47. The van der Waals surface area contributed by atoms with Gasteiger partial charge >= 0.3 is 0 Å².